The lowest BCUT2D eigenvalue weighted by Gasteiger charge is -2.19. The van der Waals surface area contributed by atoms with Gasteiger partial charge in [-0.2, -0.15) is 0 Å². The number of nitrogens with zero attached hydrogens (tertiary/aromatic N) is 2. The van der Waals surface area contributed by atoms with E-state index in [-0.39, 0.29) is 18.4 Å². The zero-order valence-corrected chi connectivity index (χ0v) is 12.9. The molecular formula is C15H18N2O3S. The maximum atomic E-state index is 12.6. The van der Waals surface area contributed by atoms with E-state index >= 15 is 0 Å². The number of aromatic nitrogens is 1. The summed E-state index contributed by atoms with van der Waals surface area (Å²) in [4.78, 5) is 26.3. The third-order valence-electron chi connectivity index (χ3n) is 3.02. The lowest BCUT2D eigenvalue weighted by Crippen LogP contribution is -2.36. The van der Waals surface area contributed by atoms with Crippen molar-refractivity contribution < 1.29 is 14.3 Å². The van der Waals surface area contributed by atoms with Gasteiger partial charge >= 0.3 is 5.97 Å². The zero-order chi connectivity index (χ0) is 15.2. The van der Waals surface area contributed by atoms with Gasteiger partial charge in [0.15, 0.2) is 0 Å². The quantitative estimate of drug-likeness (QED) is 0.771. The predicted octanol–water partition coefficient (Wildman–Crippen LogP) is 2.56. The van der Waals surface area contributed by atoms with Crippen molar-refractivity contribution in [3.05, 3.63) is 40.8 Å². The van der Waals surface area contributed by atoms with Crippen LogP contribution in [0.25, 0.3) is 5.69 Å². The normalized spacial score (nSPS) is 10.4. The van der Waals surface area contributed by atoms with Crippen molar-refractivity contribution in [2.75, 3.05) is 19.7 Å². The van der Waals surface area contributed by atoms with Crippen LogP contribution in [0.2, 0.25) is 0 Å². The van der Waals surface area contributed by atoms with Crippen LogP contribution in [0.15, 0.2) is 36.0 Å². The van der Waals surface area contributed by atoms with Crippen LogP contribution in [0, 0.1) is 0 Å². The molecule has 0 N–H and O–H groups in total. The fourth-order valence-corrected chi connectivity index (χ4v) is 2.85. The molecule has 2 heterocycles. The molecule has 0 unspecified atom stereocenters. The van der Waals surface area contributed by atoms with Crippen LogP contribution in [0.5, 0.6) is 0 Å². The molecule has 0 atom stereocenters. The van der Waals surface area contributed by atoms with Crippen molar-refractivity contribution in [2.45, 2.75) is 13.8 Å². The van der Waals surface area contributed by atoms with Crippen LogP contribution in [-0.2, 0) is 9.53 Å². The van der Waals surface area contributed by atoms with Crippen LogP contribution in [0.3, 0.4) is 0 Å². The van der Waals surface area contributed by atoms with E-state index in [2.05, 4.69) is 0 Å². The summed E-state index contributed by atoms with van der Waals surface area (Å²) < 4.78 is 6.80. The van der Waals surface area contributed by atoms with Gasteiger partial charge in [-0.25, -0.2) is 0 Å². The number of amides is 1. The lowest BCUT2D eigenvalue weighted by atomic mass is 10.3. The number of hydrogen-bond donors (Lipinski definition) is 0. The maximum Gasteiger partial charge on any atom is 0.325 e. The van der Waals surface area contributed by atoms with Gasteiger partial charge in [-0.1, -0.05) is 0 Å². The van der Waals surface area contributed by atoms with Gasteiger partial charge in [0.1, 0.15) is 11.4 Å². The van der Waals surface area contributed by atoms with Gasteiger partial charge in [-0.05, 0) is 37.4 Å². The number of thiophene rings is 1. The van der Waals surface area contributed by atoms with E-state index in [4.69, 9.17) is 4.74 Å². The van der Waals surface area contributed by atoms with E-state index in [1.165, 1.54) is 16.2 Å². The molecule has 0 spiro atoms. The van der Waals surface area contributed by atoms with E-state index in [9.17, 15) is 9.59 Å². The van der Waals surface area contributed by atoms with Crippen LogP contribution < -0.4 is 0 Å². The first-order valence-electron chi connectivity index (χ1n) is 6.83. The van der Waals surface area contributed by atoms with Gasteiger partial charge in [-0.3, -0.25) is 9.59 Å². The Kier molecular flexibility index (Phi) is 5.16. The number of carbonyl (C=O) groups is 2. The third-order valence-corrected chi connectivity index (χ3v) is 3.91. The van der Waals surface area contributed by atoms with E-state index in [1.54, 1.807) is 6.92 Å². The number of ether oxygens (including phenoxy) is 1. The Hall–Kier alpha value is -2.08. The molecular weight excluding hydrogens is 288 g/mol. The minimum atomic E-state index is -0.383. The molecule has 6 heteroatoms. The predicted molar refractivity (Wildman–Crippen MR) is 81.9 cm³/mol. The molecule has 0 radical (unpaired) electrons. The highest BCUT2D eigenvalue weighted by Crippen LogP contribution is 2.23. The average molecular weight is 306 g/mol. The molecule has 1 amide bonds. The summed E-state index contributed by atoms with van der Waals surface area (Å²) >= 11 is 1.38. The van der Waals surface area contributed by atoms with Crippen molar-refractivity contribution in [1.29, 1.82) is 0 Å². The second-order valence-electron chi connectivity index (χ2n) is 4.35. The van der Waals surface area contributed by atoms with Crippen molar-refractivity contribution in [1.82, 2.24) is 9.47 Å². The summed E-state index contributed by atoms with van der Waals surface area (Å²) in [6.07, 6.45) is 3.78. The zero-order valence-electron chi connectivity index (χ0n) is 12.1. The fraction of sp³-hybridized carbons (Fsp3) is 0.333. The molecule has 0 saturated carbocycles. The highest BCUT2D eigenvalue weighted by atomic mass is 32.1. The molecule has 21 heavy (non-hydrogen) atoms. The molecule has 5 nitrogen and oxygen atoms in total. The topological polar surface area (TPSA) is 51.5 Å². The fourth-order valence-electron chi connectivity index (χ4n) is 1.99. The Morgan fingerprint density at radius 2 is 2.00 bits per heavy atom. The van der Waals surface area contributed by atoms with E-state index in [0.717, 1.165) is 5.69 Å². The van der Waals surface area contributed by atoms with E-state index in [0.29, 0.717) is 18.0 Å². The summed E-state index contributed by atoms with van der Waals surface area (Å²) in [6.45, 7) is 4.35. The molecule has 112 valence electrons. The Morgan fingerprint density at radius 3 is 2.62 bits per heavy atom. The first-order chi connectivity index (χ1) is 10.2. The minimum absolute atomic E-state index is 0.0216. The number of likely N-dealkylation sites (N-methyl/N-ethyl adjacent to an activating group) is 1. The standard InChI is InChI=1S/C15H18N2O3S/c1-3-16(11-13(18)20-4-2)15(19)14-12(7-10-21-14)17-8-5-6-9-17/h5-10H,3-4,11H2,1-2H3. The van der Waals surface area contributed by atoms with Crippen LogP contribution in [0.4, 0.5) is 0 Å². The summed E-state index contributed by atoms with van der Waals surface area (Å²) in [7, 11) is 0. The molecule has 2 aromatic heterocycles. The third kappa shape index (κ3) is 3.52. The summed E-state index contributed by atoms with van der Waals surface area (Å²) in [5.41, 5.74) is 0.831. The average Bonchev–Trinajstić information content (AvgIpc) is 3.13. The molecule has 0 fully saturated rings. The monoisotopic (exact) mass is 306 g/mol. The number of carbonyl (C=O) groups excluding carboxylic acids is 2. The molecule has 0 aliphatic carbocycles. The molecule has 0 bridgehead atoms. The van der Waals surface area contributed by atoms with Gasteiger partial charge in [0.05, 0.1) is 12.3 Å². The largest absolute Gasteiger partial charge is 0.465 e. The van der Waals surface area contributed by atoms with Crippen LogP contribution in [-0.4, -0.2) is 41.0 Å². The molecule has 0 aromatic carbocycles. The SMILES string of the molecule is CCOC(=O)CN(CC)C(=O)c1sccc1-n1cccc1. The van der Waals surface area contributed by atoms with Gasteiger partial charge in [-0.15, -0.1) is 11.3 Å². The van der Waals surface area contributed by atoms with Crippen molar-refractivity contribution in [3.8, 4) is 5.69 Å². The molecule has 2 aromatic rings. The molecule has 0 aliphatic rings. The molecule has 2 rings (SSSR count). The van der Waals surface area contributed by atoms with Crippen LogP contribution >= 0.6 is 11.3 Å². The first-order valence-corrected chi connectivity index (χ1v) is 7.71. The van der Waals surface area contributed by atoms with Gasteiger partial charge in [0.25, 0.3) is 5.91 Å². The van der Waals surface area contributed by atoms with Gasteiger partial charge in [0.2, 0.25) is 0 Å². The maximum absolute atomic E-state index is 12.6. The first kappa shape index (κ1) is 15.3. The Morgan fingerprint density at radius 1 is 1.29 bits per heavy atom. The number of rotatable bonds is 6. The number of hydrogen-bond acceptors (Lipinski definition) is 4. The Bertz CT molecular complexity index is 604. The second kappa shape index (κ2) is 7.08. The minimum Gasteiger partial charge on any atom is -0.465 e. The van der Waals surface area contributed by atoms with Crippen molar-refractivity contribution >= 4 is 23.2 Å². The van der Waals surface area contributed by atoms with E-state index < -0.39 is 0 Å². The van der Waals surface area contributed by atoms with Crippen molar-refractivity contribution in [3.63, 3.8) is 0 Å². The second-order valence-corrected chi connectivity index (χ2v) is 5.27. The van der Waals surface area contributed by atoms with Crippen molar-refractivity contribution in [2.24, 2.45) is 0 Å². The molecule has 0 aliphatic heterocycles. The van der Waals surface area contributed by atoms with Gasteiger partial charge < -0.3 is 14.2 Å². The van der Waals surface area contributed by atoms with Gasteiger partial charge in [0, 0.05) is 18.9 Å². The van der Waals surface area contributed by atoms with Crippen LogP contribution in [0.1, 0.15) is 23.5 Å². The Labute approximate surface area is 127 Å². The summed E-state index contributed by atoms with van der Waals surface area (Å²) in [5, 5.41) is 1.88. The molecule has 0 saturated heterocycles. The lowest BCUT2D eigenvalue weighted by molar-refractivity contribution is -0.143. The highest BCUT2D eigenvalue weighted by molar-refractivity contribution is 7.12. The van der Waals surface area contributed by atoms with E-state index in [1.807, 2.05) is 47.5 Å². The Balaban J connectivity index is 2.19. The smallest absolute Gasteiger partial charge is 0.325 e. The highest BCUT2D eigenvalue weighted by Gasteiger charge is 2.22. The summed E-state index contributed by atoms with van der Waals surface area (Å²) in [5.74, 6) is -0.531. The summed E-state index contributed by atoms with van der Waals surface area (Å²) in [6, 6.07) is 5.71. The number of esters is 1.